The topological polar surface area (TPSA) is 72.2 Å². The monoisotopic (exact) mass is 345 g/mol. The Morgan fingerprint density at radius 1 is 1.25 bits per heavy atom. The van der Waals surface area contributed by atoms with E-state index in [1.807, 2.05) is 19.9 Å². The number of thioether (sulfide) groups is 1. The van der Waals surface area contributed by atoms with Gasteiger partial charge in [-0.1, -0.05) is 23.9 Å². The van der Waals surface area contributed by atoms with Crippen molar-refractivity contribution in [1.82, 2.24) is 24.9 Å². The minimum absolute atomic E-state index is 0.135. The van der Waals surface area contributed by atoms with Crippen molar-refractivity contribution in [2.75, 3.05) is 5.75 Å². The predicted molar refractivity (Wildman–Crippen MR) is 89.2 cm³/mol. The summed E-state index contributed by atoms with van der Waals surface area (Å²) in [5.74, 6) is 0.305. The average Bonchev–Trinajstić information content (AvgIpc) is 2.95. The highest BCUT2D eigenvalue weighted by Crippen LogP contribution is 2.15. The molecule has 1 amide bonds. The van der Waals surface area contributed by atoms with E-state index in [-0.39, 0.29) is 17.5 Å². The van der Waals surface area contributed by atoms with Crippen molar-refractivity contribution in [2.24, 2.45) is 0 Å². The van der Waals surface area contributed by atoms with Crippen LogP contribution in [-0.2, 0) is 11.3 Å². The van der Waals surface area contributed by atoms with Crippen molar-refractivity contribution in [3.8, 4) is 0 Å². The first-order valence-electron chi connectivity index (χ1n) is 7.36. The van der Waals surface area contributed by atoms with Crippen LogP contribution in [0.15, 0.2) is 35.5 Å². The highest BCUT2D eigenvalue weighted by atomic mass is 32.2. The maximum Gasteiger partial charge on any atom is 0.253 e. The summed E-state index contributed by atoms with van der Waals surface area (Å²) in [6.45, 7) is 4.19. The second kappa shape index (κ2) is 6.96. The molecule has 24 heavy (non-hydrogen) atoms. The first-order chi connectivity index (χ1) is 11.5. The summed E-state index contributed by atoms with van der Waals surface area (Å²) in [4.78, 5) is 20.5. The summed E-state index contributed by atoms with van der Waals surface area (Å²) in [7, 11) is 0. The fourth-order valence-electron chi connectivity index (χ4n) is 2.19. The van der Waals surface area contributed by atoms with E-state index in [9.17, 15) is 9.18 Å². The smallest absolute Gasteiger partial charge is 0.253 e. The van der Waals surface area contributed by atoms with Gasteiger partial charge in [-0.25, -0.2) is 13.9 Å². The Morgan fingerprint density at radius 3 is 2.75 bits per heavy atom. The zero-order chi connectivity index (χ0) is 17.1. The van der Waals surface area contributed by atoms with Gasteiger partial charge in [-0.15, -0.1) is 5.10 Å². The van der Waals surface area contributed by atoms with Crippen LogP contribution in [0.1, 0.15) is 17.0 Å². The van der Waals surface area contributed by atoms with Gasteiger partial charge in [0, 0.05) is 17.9 Å². The zero-order valence-corrected chi connectivity index (χ0v) is 14.1. The molecule has 0 aliphatic heterocycles. The molecule has 124 valence electrons. The second-order valence-corrected chi connectivity index (χ2v) is 6.28. The van der Waals surface area contributed by atoms with Crippen molar-refractivity contribution in [1.29, 1.82) is 0 Å². The number of carbonyl (C=O) groups is 1. The van der Waals surface area contributed by atoms with Gasteiger partial charge in [-0.2, -0.15) is 4.98 Å². The standard InChI is InChI=1S/C16H16FN5OS/c1-10-7-11(2)22-15(19-10)20-16(21-22)24-9-14(23)18-8-12-3-5-13(17)6-4-12/h3-7H,8-9H2,1-2H3,(H,18,23). The van der Waals surface area contributed by atoms with Crippen molar-refractivity contribution < 1.29 is 9.18 Å². The van der Waals surface area contributed by atoms with Gasteiger partial charge < -0.3 is 5.32 Å². The fraction of sp³-hybridized carbons (Fsp3) is 0.250. The lowest BCUT2D eigenvalue weighted by Crippen LogP contribution is -2.24. The highest BCUT2D eigenvalue weighted by molar-refractivity contribution is 7.99. The summed E-state index contributed by atoms with van der Waals surface area (Å²) < 4.78 is 14.5. The Balaban J connectivity index is 1.56. The number of hydrogen-bond acceptors (Lipinski definition) is 5. The van der Waals surface area contributed by atoms with E-state index < -0.39 is 0 Å². The average molecular weight is 345 g/mol. The van der Waals surface area contributed by atoms with Crippen LogP contribution in [0.25, 0.3) is 5.78 Å². The van der Waals surface area contributed by atoms with Crippen LogP contribution in [-0.4, -0.2) is 31.2 Å². The molecular formula is C16H16FN5OS. The van der Waals surface area contributed by atoms with Gasteiger partial charge in [-0.05, 0) is 37.6 Å². The third-order valence-electron chi connectivity index (χ3n) is 3.33. The van der Waals surface area contributed by atoms with Crippen molar-refractivity contribution in [3.05, 3.63) is 53.1 Å². The minimum Gasteiger partial charge on any atom is -0.351 e. The number of hydrogen-bond donors (Lipinski definition) is 1. The van der Waals surface area contributed by atoms with Crippen molar-refractivity contribution in [2.45, 2.75) is 25.5 Å². The first kappa shape index (κ1) is 16.4. The predicted octanol–water partition coefficient (Wildman–Crippen LogP) is 2.29. The number of carbonyl (C=O) groups excluding carboxylic acids is 1. The maximum atomic E-state index is 12.8. The van der Waals surface area contributed by atoms with E-state index >= 15 is 0 Å². The third-order valence-corrected chi connectivity index (χ3v) is 4.17. The maximum absolute atomic E-state index is 12.8. The van der Waals surface area contributed by atoms with Crippen LogP contribution >= 0.6 is 11.8 Å². The lowest BCUT2D eigenvalue weighted by molar-refractivity contribution is -0.118. The number of nitrogens with one attached hydrogen (secondary N) is 1. The lowest BCUT2D eigenvalue weighted by atomic mass is 10.2. The van der Waals surface area contributed by atoms with Crippen LogP contribution < -0.4 is 5.32 Å². The van der Waals surface area contributed by atoms with E-state index in [0.29, 0.717) is 17.5 Å². The lowest BCUT2D eigenvalue weighted by Gasteiger charge is -2.04. The van der Waals surface area contributed by atoms with Crippen LogP contribution in [0.4, 0.5) is 4.39 Å². The Morgan fingerprint density at radius 2 is 2.00 bits per heavy atom. The van der Waals surface area contributed by atoms with Gasteiger partial charge in [0.1, 0.15) is 5.82 Å². The van der Waals surface area contributed by atoms with E-state index in [4.69, 9.17) is 0 Å². The number of halogens is 1. The molecule has 2 heterocycles. The summed E-state index contributed by atoms with van der Waals surface area (Å²) in [6, 6.07) is 7.94. The molecule has 0 fully saturated rings. The zero-order valence-electron chi connectivity index (χ0n) is 13.3. The van der Waals surface area contributed by atoms with Gasteiger partial charge in [-0.3, -0.25) is 4.79 Å². The molecule has 0 aliphatic carbocycles. The van der Waals surface area contributed by atoms with E-state index in [1.165, 1.54) is 23.9 Å². The normalized spacial score (nSPS) is 11.0. The quantitative estimate of drug-likeness (QED) is 0.718. The largest absolute Gasteiger partial charge is 0.351 e. The number of fused-ring (bicyclic) bond motifs is 1. The SMILES string of the molecule is Cc1cc(C)n2nc(SCC(=O)NCc3ccc(F)cc3)nc2n1. The molecule has 0 radical (unpaired) electrons. The van der Waals surface area contributed by atoms with Gasteiger partial charge in [0.05, 0.1) is 5.75 Å². The molecule has 0 aliphatic rings. The second-order valence-electron chi connectivity index (χ2n) is 5.34. The molecule has 0 spiro atoms. The van der Waals surface area contributed by atoms with E-state index in [1.54, 1.807) is 16.6 Å². The van der Waals surface area contributed by atoms with Crippen LogP contribution in [0.5, 0.6) is 0 Å². The van der Waals surface area contributed by atoms with Gasteiger partial charge in [0.15, 0.2) is 0 Å². The van der Waals surface area contributed by atoms with E-state index in [0.717, 1.165) is 17.0 Å². The molecule has 2 aromatic heterocycles. The van der Waals surface area contributed by atoms with Crippen molar-refractivity contribution in [3.63, 3.8) is 0 Å². The number of benzene rings is 1. The third kappa shape index (κ3) is 3.88. The molecule has 6 nitrogen and oxygen atoms in total. The number of rotatable bonds is 5. The molecule has 0 unspecified atom stereocenters. The van der Waals surface area contributed by atoms with Crippen LogP contribution in [0, 0.1) is 19.7 Å². The molecule has 1 N–H and O–H groups in total. The molecule has 8 heteroatoms. The molecule has 3 rings (SSSR count). The molecule has 0 atom stereocenters. The molecule has 1 aromatic carbocycles. The highest BCUT2D eigenvalue weighted by Gasteiger charge is 2.10. The number of aromatic nitrogens is 4. The number of aryl methyl sites for hydroxylation is 2. The van der Waals surface area contributed by atoms with Gasteiger partial charge >= 0.3 is 0 Å². The molecule has 3 aromatic rings. The summed E-state index contributed by atoms with van der Waals surface area (Å²) >= 11 is 1.25. The van der Waals surface area contributed by atoms with Gasteiger partial charge in [0.25, 0.3) is 5.78 Å². The van der Waals surface area contributed by atoms with Crippen LogP contribution in [0.3, 0.4) is 0 Å². The summed E-state index contributed by atoms with van der Waals surface area (Å²) in [6.07, 6.45) is 0. The summed E-state index contributed by atoms with van der Waals surface area (Å²) in [5.41, 5.74) is 2.66. The first-order valence-corrected chi connectivity index (χ1v) is 8.35. The molecular weight excluding hydrogens is 329 g/mol. The fourth-order valence-corrected chi connectivity index (χ4v) is 2.84. The van der Waals surface area contributed by atoms with E-state index in [2.05, 4.69) is 20.4 Å². The Labute approximate surface area is 142 Å². The Hall–Kier alpha value is -2.48. The molecule has 0 saturated heterocycles. The summed E-state index contributed by atoms with van der Waals surface area (Å²) in [5, 5.41) is 7.63. The van der Waals surface area contributed by atoms with Crippen LogP contribution in [0.2, 0.25) is 0 Å². The Kier molecular flexibility index (Phi) is 4.75. The number of amides is 1. The minimum atomic E-state index is -0.294. The number of nitrogens with zero attached hydrogens (tertiary/aromatic N) is 4. The molecule has 0 bridgehead atoms. The van der Waals surface area contributed by atoms with Gasteiger partial charge in [0.2, 0.25) is 11.1 Å². The van der Waals surface area contributed by atoms with Crippen molar-refractivity contribution >= 4 is 23.4 Å². The Bertz CT molecular complexity index is 878. The molecule has 0 saturated carbocycles.